The van der Waals surface area contributed by atoms with Crippen LogP contribution < -0.4 is 5.32 Å². The molecule has 1 rings (SSSR count). The largest absolute Gasteiger partial charge is 0.480 e. The maximum atomic E-state index is 13.4. The molecule has 0 heterocycles. The number of hydrogen-bond acceptors (Lipinski definition) is 3. The molecule has 0 unspecified atom stereocenters. The summed E-state index contributed by atoms with van der Waals surface area (Å²) in [4.78, 5) is 22.3. The summed E-state index contributed by atoms with van der Waals surface area (Å²) in [5, 5.41) is 19.7. The van der Waals surface area contributed by atoms with Crippen LogP contribution in [0.15, 0.2) is 28.7 Å². The van der Waals surface area contributed by atoms with Crippen molar-refractivity contribution in [3.8, 4) is 0 Å². The van der Waals surface area contributed by atoms with Crippen molar-refractivity contribution in [1.29, 1.82) is 0 Å². The van der Waals surface area contributed by atoms with E-state index in [1.54, 1.807) is 0 Å². The molecule has 0 bridgehead atoms. The van der Waals surface area contributed by atoms with Crippen molar-refractivity contribution in [2.75, 3.05) is 6.61 Å². The average Bonchev–Trinajstić information content (AvgIpc) is 2.39. The Bertz CT molecular complexity index is 533. The molecule has 108 valence electrons. The molecule has 0 aliphatic rings. The van der Waals surface area contributed by atoms with Gasteiger partial charge < -0.3 is 15.5 Å². The van der Waals surface area contributed by atoms with Crippen molar-refractivity contribution in [2.24, 2.45) is 0 Å². The van der Waals surface area contributed by atoms with Crippen LogP contribution in [0.4, 0.5) is 4.39 Å². The highest BCUT2D eigenvalue weighted by molar-refractivity contribution is 9.10. The van der Waals surface area contributed by atoms with Gasteiger partial charge in [-0.3, -0.25) is 4.79 Å². The van der Waals surface area contributed by atoms with Crippen molar-refractivity contribution in [2.45, 2.75) is 12.5 Å². The first-order valence-electron chi connectivity index (χ1n) is 5.71. The Kier molecular flexibility index (Phi) is 6.33. The summed E-state index contributed by atoms with van der Waals surface area (Å²) in [7, 11) is 0. The van der Waals surface area contributed by atoms with E-state index in [1.165, 1.54) is 24.3 Å². The lowest BCUT2D eigenvalue weighted by atomic mass is 10.2. The van der Waals surface area contributed by atoms with Crippen LogP contribution >= 0.6 is 15.9 Å². The third-order valence-electron chi connectivity index (χ3n) is 2.40. The maximum Gasteiger partial charge on any atom is 0.326 e. The first kappa shape index (κ1) is 16.3. The molecule has 0 fully saturated rings. The van der Waals surface area contributed by atoms with Crippen LogP contribution in [-0.4, -0.2) is 34.7 Å². The summed E-state index contributed by atoms with van der Waals surface area (Å²) >= 11 is 3.18. The lowest BCUT2D eigenvalue weighted by Gasteiger charge is -2.11. The minimum absolute atomic E-state index is 0.0971. The molecule has 3 N–H and O–H groups in total. The van der Waals surface area contributed by atoms with Crippen molar-refractivity contribution in [1.82, 2.24) is 5.32 Å². The van der Waals surface area contributed by atoms with Crippen molar-refractivity contribution < 1.29 is 24.2 Å². The van der Waals surface area contributed by atoms with E-state index < -0.39 is 23.7 Å². The number of carbonyl (C=O) groups excluding carboxylic acids is 1. The smallest absolute Gasteiger partial charge is 0.326 e. The number of benzene rings is 1. The molecule has 0 spiro atoms. The van der Waals surface area contributed by atoms with Crippen LogP contribution in [-0.2, 0) is 9.59 Å². The molecule has 1 amide bonds. The minimum atomic E-state index is -1.24. The lowest BCUT2D eigenvalue weighted by Crippen LogP contribution is -2.40. The molecule has 0 saturated heterocycles. The van der Waals surface area contributed by atoms with Crippen LogP contribution in [0, 0.1) is 5.82 Å². The van der Waals surface area contributed by atoms with Gasteiger partial charge in [0, 0.05) is 29.1 Å². The number of halogens is 2. The third kappa shape index (κ3) is 5.10. The monoisotopic (exact) mass is 345 g/mol. The second kappa shape index (κ2) is 7.76. The molecular formula is C13H13BrFNO4. The predicted molar refractivity (Wildman–Crippen MR) is 74.4 cm³/mol. The Hall–Kier alpha value is -1.73. The van der Waals surface area contributed by atoms with Gasteiger partial charge in [0.15, 0.2) is 0 Å². The van der Waals surface area contributed by atoms with E-state index in [0.717, 1.165) is 6.08 Å². The molecule has 0 aliphatic carbocycles. The topological polar surface area (TPSA) is 86.6 Å². The van der Waals surface area contributed by atoms with Gasteiger partial charge in [-0.25, -0.2) is 9.18 Å². The fourth-order valence-electron chi connectivity index (χ4n) is 1.41. The van der Waals surface area contributed by atoms with Crippen molar-refractivity contribution in [3.63, 3.8) is 0 Å². The highest BCUT2D eigenvalue weighted by atomic mass is 79.9. The van der Waals surface area contributed by atoms with E-state index in [2.05, 4.69) is 21.2 Å². The zero-order chi connectivity index (χ0) is 15.1. The SMILES string of the molecule is O=C(/C=C/c1cc(Br)ccc1F)N[C@@H](CCO)C(=O)O. The number of aliphatic carboxylic acids is 1. The van der Waals surface area contributed by atoms with Crippen molar-refractivity contribution >= 4 is 33.9 Å². The fourth-order valence-corrected chi connectivity index (χ4v) is 1.79. The van der Waals surface area contributed by atoms with Crippen LogP contribution in [0.25, 0.3) is 6.08 Å². The Morgan fingerprint density at radius 1 is 1.45 bits per heavy atom. The molecule has 1 aromatic rings. The first-order valence-corrected chi connectivity index (χ1v) is 6.50. The van der Waals surface area contributed by atoms with Crippen LogP contribution in [0.5, 0.6) is 0 Å². The van der Waals surface area contributed by atoms with Gasteiger partial charge in [-0.1, -0.05) is 15.9 Å². The molecule has 0 aliphatic heterocycles. The molecule has 7 heteroatoms. The number of rotatable bonds is 6. The zero-order valence-electron chi connectivity index (χ0n) is 10.3. The standard InChI is InChI=1S/C13H13BrFNO4/c14-9-2-3-10(15)8(7-9)1-4-12(18)16-11(5-6-17)13(19)20/h1-4,7,11,17H,5-6H2,(H,16,18)(H,19,20)/b4-1+/t11-/m0/s1. The maximum absolute atomic E-state index is 13.4. The molecule has 0 aromatic heterocycles. The summed E-state index contributed by atoms with van der Waals surface area (Å²) in [6, 6.07) is 3.08. The highest BCUT2D eigenvalue weighted by Gasteiger charge is 2.17. The van der Waals surface area contributed by atoms with Crippen LogP contribution in [0.3, 0.4) is 0 Å². The number of amides is 1. The molecule has 20 heavy (non-hydrogen) atoms. The van der Waals surface area contributed by atoms with E-state index in [-0.39, 0.29) is 18.6 Å². The van der Waals surface area contributed by atoms with Crippen LogP contribution in [0.2, 0.25) is 0 Å². The molecule has 1 aromatic carbocycles. The fraction of sp³-hybridized carbons (Fsp3) is 0.231. The Balaban J connectivity index is 2.72. The number of carbonyl (C=O) groups is 2. The van der Waals surface area contributed by atoms with Gasteiger partial charge >= 0.3 is 5.97 Å². The molecular weight excluding hydrogens is 333 g/mol. The molecule has 0 radical (unpaired) electrons. The number of hydrogen-bond donors (Lipinski definition) is 3. The normalized spacial score (nSPS) is 12.3. The number of carboxylic acids is 1. The first-order chi connectivity index (χ1) is 9.43. The van der Waals surface area contributed by atoms with E-state index in [1.807, 2.05) is 0 Å². The number of nitrogens with one attached hydrogen (secondary N) is 1. The molecule has 0 saturated carbocycles. The Morgan fingerprint density at radius 3 is 2.75 bits per heavy atom. The van der Waals surface area contributed by atoms with E-state index >= 15 is 0 Å². The summed E-state index contributed by atoms with van der Waals surface area (Å²) in [6.45, 7) is -0.360. The second-order valence-corrected chi connectivity index (χ2v) is 4.83. The van der Waals surface area contributed by atoms with Gasteiger partial charge in [0.25, 0.3) is 0 Å². The van der Waals surface area contributed by atoms with Gasteiger partial charge in [-0.2, -0.15) is 0 Å². The van der Waals surface area contributed by atoms with Gasteiger partial charge in [-0.15, -0.1) is 0 Å². The van der Waals surface area contributed by atoms with E-state index in [0.29, 0.717) is 4.47 Å². The number of carboxylic acid groups (broad SMARTS) is 1. The van der Waals surface area contributed by atoms with Gasteiger partial charge in [0.2, 0.25) is 5.91 Å². The summed E-state index contributed by atoms with van der Waals surface area (Å²) < 4.78 is 14.1. The molecule has 1 atom stereocenters. The second-order valence-electron chi connectivity index (χ2n) is 3.91. The minimum Gasteiger partial charge on any atom is -0.480 e. The Labute approximate surface area is 123 Å². The van der Waals surface area contributed by atoms with Gasteiger partial charge in [0.05, 0.1) is 0 Å². The van der Waals surface area contributed by atoms with Gasteiger partial charge in [0.1, 0.15) is 11.9 Å². The summed E-state index contributed by atoms with van der Waals surface area (Å²) in [5.74, 6) is -2.41. The van der Waals surface area contributed by atoms with E-state index in [9.17, 15) is 14.0 Å². The highest BCUT2D eigenvalue weighted by Crippen LogP contribution is 2.16. The number of aliphatic hydroxyl groups excluding tert-OH is 1. The van der Waals surface area contributed by atoms with Crippen molar-refractivity contribution in [3.05, 3.63) is 40.1 Å². The van der Waals surface area contributed by atoms with E-state index in [4.69, 9.17) is 10.2 Å². The lowest BCUT2D eigenvalue weighted by molar-refractivity contribution is -0.141. The zero-order valence-corrected chi connectivity index (χ0v) is 11.9. The average molecular weight is 346 g/mol. The Morgan fingerprint density at radius 2 is 2.15 bits per heavy atom. The third-order valence-corrected chi connectivity index (χ3v) is 2.90. The molecule has 5 nitrogen and oxygen atoms in total. The number of aliphatic hydroxyl groups is 1. The summed E-state index contributed by atoms with van der Waals surface area (Å²) in [6.07, 6.45) is 2.19. The quantitative estimate of drug-likeness (QED) is 0.683. The van der Waals surface area contributed by atoms with Crippen LogP contribution in [0.1, 0.15) is 12.0 Å². The summed E-state index contributed by atoms with van der Waals surface area (Å²) in [5.41, 5.74) is 0.198. The van der Waals surface area contributed by atoms with Gasteiger partial charge in [-0.05, 0) is 24.3 Å². The predicted octanol–water partition coefficient (Wildman–Crippen LogP) is 1.55.